The number of rotatable bonds is 11. The first-order chi connectivity index (χ1) is 9.32. The number of aliphatic hydroxyl groups excluding tert-OH is 4. The molecule has 0 amide bonds. The molecule has 0 unspecified atom stereocenters. The van der Waals surface area contributed by atoms with E-state index in [1.54, 1.807) is 0 Å². The summed E-state index contributed by atoms with van der Waals surface area (Å²) < 4.78 is 0. The van der Waals surface area contributed by atoms with Crippen molar-refractivity contribution in [3.63, 3.8) is 0 Å². The van der Waals surface area contributed by atoms with Gasteiger partial charge in [0.15, 0.2) is 11.9 Å². The summed E-state index contributed by atoms with van der Waals surface area (Å²) in [4.78, 5) is 22.0. The summed E-state index contributed by atoms with van der Waals surface area (Å²) in [6, 6.07) is 0. The van der Waals surface area contributed by atoms with Crippen molar-refractivity contribution in [3.05, 3.63) is 0 Å². The van der Waals surface area contributed by atoms with Crippen LogP contribution in [0.1, 0.15) is 45.4 Å². The highest BCUT2D eigenvalue weighted by Crippen LogP contribution is 2.11. The van der Waals surface area contributed by atoms with Gasteiger partial charge in [-0.15, -0.1) is 0 Å². The molecule has 0 aliphatic carbocycles. The van der Waals surface area contributed by atoms with Crippen LogP contribution < -0.4 is 0 Å². The van der Waals surface area contributed by atoms with Gasteiger partial charge in [-0.1, -0.05) is 32.6 Å². The van der Waals surface area contributed by atoms with Gasteiger partial charge in [0.1, 0.15) is 18.3 Å². The van der Waals surface area contributed by atoms with Gasteiger partial charge in [0, 0.05) is 6.42 Å². The average Bonchev–Trinajstić information content (AvgIpc) is 2.43. The maximum Gasteiger partial charge on any atom is 0.335 e. The molecule has 0 spiro atoms. The molecule has 7 nitrogen and oxygen atoms in total. The van der Waals surface area contributed by atoms with Crippen molar-refractivity contribution in [2.24, 2.45) is 0 Å². The van der Waals surface area contributed by atoms with E-state index in [0.717, 1.165) is 25.7 Å². The molecule has 0 rings (SSSR count). The summed E-state index contributed by atoms with van der Waals surface area (Å²) in [5, 5.41) is 45.8. The minimum Gasteiger partial charge on any atom is -0.479 e. The number of carboxylic acids is 1. The molecule has 0 saturated heterocycles. The fourth-order valence-electron chi connectivity index (χ4n) is 1.76. The molecular formula is C13H24O7. The van der Waals surface area contributed by atoms with Crippen LogP contribution in [0.3, 0.4) is 0 Å². The molecule has 0 aliphatic heterocycles. The monoisotopic (exact) mass is 292 g/mol. The molecule has 4 atom stereocenters. The summed E-state index contributed by atoms with van der Waals surface area (Å²) in [5.74, 6) is -2.42. The van der Waals surface area contributed by atoms with Crippen LogP contribution in [-0.4, -0.2) is 61.7 Å². The summed E-state index contributed by atoms with van der Waals surface area (Å²) in [5.41, 5.74) is 0. The van der Waals surface area contributed by atoms with Crippen molar-refractivity contribution >= 4 is 11.8 Å². The zero-order valence-corrected chi connectivity index (χ0v) is 11.6. The largest absolute Gasteiger partial charge is 0.479 e. The molecule has 20 heavy (non-hydrogen) atoms. The van der Waals surface area contributed by atoms with Crippen LogP contribution in [-0.2, 0) is 9.59 Å². The Morgan fingerprint density at radius 2 is 1.35 bits per heavy atom. The number of hydrogen-bond donors (Lipinski definition) is 5. The Morgan fingerprint density at radius 3 is 1.85 bits per heavy atom. The lowest BCUT2D eigenvalue weighted by Crippen LogP contribution is -2.50. The van der Waals surface area contributed by atoms with Crippen molar-refractivity contribution < 1.29 is 35.1 Å². The third kappa shape index (κ3) is 6.42. The van der Waals surface area contributed by atoms with E-state index in [0.29, 0.717) is 6.42 Å². The van der Waals surface area contributed by atoms with Crippen LogP contribution in [0.2, 0.25) is 0 Å². The van der Waals surface area contributed by atoms with Crippen LogP contribution in [0, 0.1) is 0 Å². The summed E-state index contributed by atoms with van der Waals surface area (Å²) >= 11 is 0. The number of aliphatic carboxylic acids is 1. The summed E-state index contributed by atoms with van der Waals surface area (Å²) in [7, 11) is 0. The maximum atomic E-state index is 11.6. The van der Waals surface area contributed by atoms with Crippen LogP contribution >= 0.6 is 0 Å². The number of carbonyl (C=O) groups excluding carboxylic acids is 1. The van der Waals surface area contributed by atoms with Gasteiger partial charge in [0.2, 0.25) is 0 Å². The van der Waals surface area contributed by atoms with Crippen LogP contribution in [0.5, 0.6) is 0 Å². The first kappa shape index (κ1) is 19.0. The first-order valence-corrected chi connectivity index (χ1v) is 6.80. The number of aliphatic hydroxyl groups is 4. The standard InChI is InChI=1S/C13H24O7/c1-2-3-4-5-6-7-8(14)9(15)10(16)11(17)12(18)13(19)20/h9-12,15-18H,2-7H2,1H3,(H,19,20)/t9-,10+,11-,12-/m1/s1. The highest BCUT2D eigenvalue weighted by molar-refractivity contribution is 5.83. The lowest BCUT2D eigenvalue weighted by molar-refractivity contribution is -0.165. The van der Waals surface area contributed by atoms with Crippen molar-refractivity contribution in [2.45, 2.75) is 69.9 Å². The molecule has 0 saturated carbocycles. The molecule has 0 heterocycles. The van der Waals surface area contributed by atoms with Gasteiger partial charge in [-0.05, 0) is 6.42 Å². The smallest absolute Gasteiger partial charge is 0.335 e. The highest BCUT2D eigenvalue weighted by Gasteiger charge is 2.36. The first-order valence-electron chi connectivity index (χ1n) is 6.80. The quantitative estimate of drug-likeness (QED) is 0.322. The fourth-order valence-corrected chi connectivity index (χ4v) is 1.76. The predicted octanol–water partition coefficient (Wildman–Crippen LogP) is -0.556. The highest BCUT2D eigenvalue weighted by atomic mass is 16.4. The van der Waals surface area contributed by atoms with Crippen LogP contribution in [0.25, 0.3) is 0 Å². The second-order valence-electron chi connectivity index (χ2n) is 4.84. The fraction of sp³-hybridized carbons (Fsp3) is 0.846. The molecule has 0 bridgehead atoms. The second-order valence-corrected chi connectivity index (χ2v) is 4.84. The Labute approximate surface area is 117 Å². The van der Waals surface area contributed by atoms with Crippen molar-refractivity contribution in [1.29, 1.82) is 0 Å². The number of carbonyl (C=O) groups is 2. The second kappa shape index (κ2) is 9.82. The maximum absolute atomic E-state index is 11.6. The molecule has 118 valence electrons. The zero-order valence-electron chi connectivity index (χ0n) is 11.6. The molecule has 0 aliphatic rings. The molecule has 0 fully saturated rings. The lowest BCUT2D eigenvalue weighted by Gasteiger charge is -2.23. The van der Waals surface area contributed by atoms with E-state index in [-0.39, 0.29) is 6.42 Å². The Kier molecular flexibility index (Phi) is 9.32. The van der Waals surface area contributed by atoms with Gasteiger partial charge in [-0.25, -0.2) is 4.79 Å². The van der Waals surface area contributed by atoms with Crippen molar-refractivity contribution in [3.8, 4) is 0 Å². The van der Waals surface area contributed by atoms with Gasteiger partial charge in [0.25, 0.3) is 0 Å². The lowest BCUT2D eigenvalue weighted by atomic mass is 9.97. The number of carboxylic acid groups (broad SMARTS) is 1. The molecule has 0 aromatic heterocycles. The van der Waals surface area contributed by atoms with E-state index >= 15 is 0 Å². The Bertz CT molecular complexity index is 305. The summed E-state index contributed by atoms with van der Waals surface area (Å²) in [6.07, 6.45) is -3.78. The third-order valence-electron chi connectivity index (χ3n) is 3.11. The van der Waals surface area contributed by atoms with E-state index < -0.39 is 36.2 Å². The van der Waals surface area contributed by atoms with E-state index in [9.17, 15) is 24.9 Å². The summed E-state index contributed by atoms with van der Waals surface area (Å²) in [6.45, 7) is 2.06. The van der Waals surface area contributed by atoms with Gasteiger partial charge in [-0.2, -0.15) is 0 Å². The van der Waals surface area contributed by atoms with Gasteiger partial charge < -0.3 is 25.5 Å². The topological polar surface area (TPSA) is 135 Å². The molecule has 7 heteroatoms. The average molecular weight is 292 g/mol. The van der Waals surface area contributed by atoms with Gasteiger partial charge >= 0.3 is 5.97 Å². The van der Waals surface area contributed by atoms with Crippen molar-refractivity contribution in [2.75, 3.05) is 0 Å². The van der Waals surface area contributed by atoms with Crippen molar-refractivity contribution in [1.82, 2.24) is 0 Å². The zero-order chi connectivity index (χ0) is 15.7. The van der Waals surface area contributed by atoms with Gasteiger partial charge in [-0.3, -0.25) is 4.79 Å². The number of Topliss-reactive ketones (excluding diaryl/α,β-unsaturated/α-hetero) is 1. The Balaban J connectivity index is 4.18. The minimum atomic E-state index is -2.25. The van der Waals surface area contributed by atoms with E-state index in [4.69, 9.17) is 10.2 Å². The van der Waals surface area contributed by atoms with E-state index in [1.165, 1.54) is 0 Å². The van der Waals surface area contributed by atoms with E-state index in [1.807, 2.05) is 0 Å². The normalized spacial score (nSPS) is 17.2. The van der Waals surface area contributed by atoms with Crippen LogP contribution in [0.15, 0.2) is 0 Å². The molecule has 5 N–H and O–H groups in total. The van der Waals surface area contributed by atoms with Crippen LogP contribution in [0.4, 0.5) is 0 Å². The number of hydrogen-bond acceptors (Lipinski definition) is 6. The Hall–Kier alpha value is -1.02. The molecule has 0 aromatic carbocycles. The third-order valence-corrected chi connectivity index (χ3v) is 3.11. The van der Waals surface area contributed by atoms with E-state index in [2.05, 4.69) is 6.92 Å². The number of unbranched alkanes of at least 4 members (excludes halogenated alkanes) is 4. The minimum absolute atomic E-state index is 0.0395. The molecule has 0 radical (unpaired) electrons. The number of ketones is 1. The Morgan fingerprint density at radius 1 is 0.850 bits per heavy atom. The molecular weight excluding hydrogens is 268 g/mol. The van der Waals surface area contributed by atoms with Gasteiger partial charge in [0.05, 0.1) is 0 Å². The SMILES string of the molecule is CCCCCCCC(=O)[C@@H](O)[C@H](O)[C@@H](O)[C@@H](O)C(=O)O. The predicted molar refractivity (Wildman–Crippen MR) is 70.0 cm³/mol. The molecule has 0 aromatic rings.